The Kier molecular flexibility index (Phi) is 4.67. The molecular formula is C26H20N4O4S. The molecule has 3 heterocycles. The lowest BCUT2D eigenvalue weighted by molar-refractivity contribution is 0.391. The highest BCUT2D eigenvalue weighted by atomic mass is 32.2. The van der Waals surface area contributed by atoms with Gasteiger partial charge in [-0.25, -0.2) is 4.68 Å². The normalized spacial score (nSPS) is 19.1. The maximum Gasteiger partial charge on any atom is 0.295 e. The molecule has 1 N–H and O–H groups in total. The second-order valence-corrected chi connectivity index (χ2v) is 9.90. The van der Waals surface area contributed by atoms with E-state index in [0.29, 0.717) is 33.8 Å². The molecule has 35 heavy (non-hydrogen) atoms. The highest BCUT2D eigenvalue weighted by Gasteiger charge is 2.34. The first-order chi connectivity index (χ1) is 16.8. The molecule has 0 bridgehead atoms. The van der Waals surface area contributed by atoms with Crippen molar-refractivity contribution in [2.75, 3.05) is 0 Å². The number of fused-ring (bicyclic) bond motifs is 2. The molecule has 8 nitrogen and oxygen atoms in total. The van der Waals surface area contributed by atoms with E-state index >= 15 is 0 Å². The monoisotopic (exact) mass is 484 g/mol. The maximum atomic E-state index is 12.3. The first-order valence-electron chi connectivity index (χ1n) is 10.9. The SMILES string of the molecule is CC1(n2cccn2)C=CC2=C(c3ccccc3S(=O)(=O)O)c3ccc(-n4cccn4)cc3OC2=C1. The third-order valence-corrected chi connectivity index (χ3v) is 7.11. The Balaban J connectivity index is 1.62. The Morgan fingerprint density at radius 3 is 2.51 bits per heavy atom. The largest absolute Gasteiger partial charge is 0.456 e. The zero-order valence-electron chi connectivity index (χ0n) is 18.6. The summed E-state index contributed by atoms with van der Waals surface area (Å²) in [5.41, 5.74) is 2.66. The van der Waals surface area contributed by atoms with E-state index in [9.17, 15) is 13.0 Å². The lowest BCUT2D eigenvalue weighted by Gasteiger charge is -2.33. The van der Waals surface area contributed by atoms with Gasteiger partial charge in [0.1, 0.15) is 21.9 Å². The van der Waals surface area contributed by atoms with Gasteiger partial charge in [0.25, 0.3) is 10.1 Å². The molecule has 1 aliphatic heterocycles. The van der Waals surface area contributed by atoms with Crippen molar-refractivity contribution in [1.29, 1.82) is 0 Å². The molecule has 0 amide bonds. The molecule has 4 aromatic rings. The van der Waals surface area contributed by atoms with Gasteiger partial charge in [0, 0.05) is 53.1 Å². The van der Waals surface area contributed by atoms with Crippen molar-refractivity contribution in [3.8, 4) is 11.4 Å². The van der Waals surface area contributed by atoms with Crippen LogP contribution in [0.1, 0.15) is 18.1 Å². The zero-order valence-corrected chi connectivity index (χ0v) is 19.4. The van der Waals surface area contributed by atoms with E-state index in [0.717, 1.165) is 5.69 Å². The van der Waals surface area contributed by atoms with E-state index in [4.69, 9.17) is 4.74 Å². The number of aromatic nitrogens is 4. The van der Waals surface area contributed by atoms with Crippen molar-refractivity contribution in [3.05, 3.63) is 120 Å². The van der Waals surface area contributed by atoms with Crippen LogP contribution >= 0.6 is 0 Å². The Hall–Kier alpha value is -4.21. The quantitative estimate of drug-likeness (QED) is 0.432. The Morgan fingerprint density at radius 2 is 1.77 bits per heavy atom. The van der Waals surface area contributed by atoms with Gasteiger partial charge in [-0.1, -0.05) is 30.4 Å². The fourth-order valence-electron chi connectivity index (χ4n) is 4.53. The summed E-state index contributed by atoms with van der Waals surface area (Å²) in [4.78, 5) is -0.167. The number of rotatable bonds is 4. The van der Waals surface area contributed by atoms with Crippen LogP contribution in [0.4, 0.5) is 0 Å². The molecular weight excluding hydrogens is 464 g/mol. The van der Waals surface area contributed by atoms with Gasteiger partial charge in [0.2, 0.25) is 0 Å². The van der Waals surface area contributed by atoms with Crippen LogP contribution in [0.25, 0.3) is 11.3 Å². The van der Waals surface area contributed by atoms with Crippen molar-refractivity contribution in [2.24, 2.45) is 0 Å². The minimum Gasteiger partial charge on any atom is -0.456 e. The Bertz CT molecular complexity index is 1650. The second kappa shape index (κ2) is 7.66. The van der Waals surface area contributed by atoms with E-state index in [1.165, 1.54) is 6.07 Å². The lowest BCUT2D eigenvalue weighted by Crippen LogP contribution is -2.30. The van der Waals surface area contributed by atoms with E-state index in [-0.39, 0.29) is 4.90 Å². The summed E-state index contributed by atoms with van der Waals surface area (Å²) < 4.78 is 44.5. The van der Waals surface area contributed by atoms with Crippen LogP contribution in [0.5, 0.6) is 5.75 Å². The molecule has 9 heteroatoms. The summed E-state index contributed by atoms with van der Waals surface area (Å²) in [7, 11) is -4.47. The highest BCUT2D eigenvalue weighted by Crippen LogP contribution is 2.46. The summed E-state index contributed by atoms with van der Waals surface area (Å²) in [6, 6.07) is 15.7. The first-order valence-corrected chi connectivity index (χ1v) is 12.3. The second-order valence-electron chi connectivity index (χ2n) is 8.51. The van der Waals surface area contributed by atoms with Crippen LogP contribution in [-0.2, 0) is 15.7 Å². The molecule has 174 valence electrons. The molecule has 6 rings (SSSR count). The molecule has 1 unspecified atom stereocenters. The number of nitrogens with zero attached hydrogens (tertiary/aromatic N) is 4. The molecule has 2 aliphatic rings. The lowest BCUT2D eigenvalue weighted by atomic mass is 9.84. The number of hydrogen-bond donors (Lipinski definition) is 1. The van der Waals surface area contributed by atoms with E-state index < -0.39 is 15.7 Å². The summed E-state index contributed by atoms with van der Waals surface area (Å²) in [5, 5.41) is 8.69. The standard InChI is InChI=1S/C26H20N4O4S/c1-26(30-15-5-13-28-30)11-10-20-23(17-26)34-22-16-18(29-14-4-12-27-29)8-9-19(22)25(20)21-6-2-3-7-24(21)35(31,32)33/h2-17H,1H3,(H,31,32,33). The topological polar surface area (TPSA) is 99.2 Å². The van der Waals surface area contributed by atoms with Gasteiger partial charge in [0.15, 0.2) is 0 Å². The van der Waals surface area contributed by atoms with Crippen LogP contribution in [0.3, 0.4) is 0 Å². The number of ether oxygens (including phenoxy) is 1. The van der Waals surface area contributed by atoms with Crippen LogP contribution < -0.4 is 4.74 Å². The van der Waals surface area contributed by atoms with Gasteiger partial charge in [-0.05, 0) is 43.3 Å². The van der Waals surface area contributed by atoms with Gasteiger partial charge in [0.05, 0.1) is 5.69 Å². The van der Waals surface area contributed by atoms with Crippen LogP contribution in [0.2, 0.25) is 0 Å². The fraction of sp³-hybridized carbons (Fsp3) is 0.0769. The van der Waals surface area contributed by atoms with E-state index in [2.05, 4.69) is 10.2 Å². The van der Waals surface area contributed by atoms with Gasteiger partial charge < -0.3 is 4.74 Å². The summed E-state index contributed by atoms with van der Waals surface area (Å²) in [6.07, 6.45) is 13.0. The summed E-state index contributed by atoms with van der Waals surface area (Å²) in [6.45, 7) is 2.01. The van der Waals surface area contributed by atoms with Crippen molar-refractivity contribution in [1.82, 2.24) is 19.6 Å². The molecule has 1 atom stereocenters. The minimum atomic E-state index is -4.47. The van der Waals surface area contributed by atoms with Gasteiger partial charge in [-0.15, -0.1) is 0 Å². The first kappa shape index (κ1) is 21.3. The predicted molar refractivity (Wildman–Crippen MR) is 130 cm³/mol. The predicted octanol–water partition coefficient (Wildman–Crippen LogP) is 4.38. The molecule has 0 saturated carbocycles. The average Bonchev–Trinajstić information content (AvgIpc) is 3.57. The Morgan fingerprint density at radius 1 is 0.971 bits per heavy atom. The highest BCUT2D eigenvalue weighted by molar-refractivity contribution is 7.86. The molecule has 0 radical (unpaired) electrons. The zero-order chi connectivity index (χ0) is 24.2. The van der Waals surface area contributed by atoms with Crippen molar-refractivity contribution >= 4 is 15.7 Å². The van der Waals surface area contributed by atoms with Crippen molar-refractivity contribution < 1.29 is 17.7 Å². The molecule has 2 aromatic heterocycles. The van der Waals surface area contributed by atoms with Crippen LogP contribution in [-0.4, -0.2) is 32.5 Å². The third kappa shape index (κ3) is 3.52. The van der Waals surface area contributed by atoms with Gasteiger partial charge in [-0.2, -0.15) is 18.6 Å². The number of hydrogen-bond acceptors (Lipinski definition) is 5. The Labute approximate surface area is 201 Å². The third-order valence-electron chi connectivity index (χ3n) is 6.20. The van der Waals surface area contributed by atoms with Crippen molar-refractivity contribution in [2.45, 2.75) is 17.4 Å². The molecule has 2 aromatic carbocycles. The molecule has 1 aliphatic carbocycles. The van der Waals surface area contributed by atoms with Crippen molar-refractivity contribution in [3.63, 3.8) is 0 Å². The van der Waals surface area contributed by atoms with E-state index in [1.54, 1.807) is 35.3 Å². The van der Waals surface area contributed by atoms with Gasteiger partial charge in [-0.3, -0.25) is 9.23 Å². The fourth-order valence-corrected chi connectivity index (χ4v) is 5.23. The summed E-state index contributed by atoms with van der Waals surface area (Å²) >= 11 is 0. The summed E-state index contributed by atoms with van der Waals surface area (Å²) in [5.74, 6) is 1.11. The smallest absolute Gasteiger partial charge is 0.295 e. The molecule has 0 spiro atoms. The van der Waals surface area contributed by atoms with Crippen LogP contribution in [0.15, 0.2) is 114 Å². The number of benzene rings is 2. The van der Waals surface area contributed by atoms with Gasteiger partial charge >= 0.3 is 0 Å². The molecule has 0 fully saturated rings. The van der Waals surface area contributed by atoms with Crippen LogP contribution in [0, 0.1) is 0 Å². The maximum absolute atomic E-state index is 12.3. The average molecular weight is 485 g/mol. The number of allylic oxidation sites excluding steroid dienone is 3. The van der Waals surface area contributed by atoms with E-state index in [1.807, 2.05) is 72.6 Å². The minimum absolute atomic E-state index is 0.167. The molecule has 0 saturated heterocycles.